The van der Waals surface area contributed by atoms with Crippen LogP contribution in [0.25, 0.3) is 22.4 Å². The summed E-state index contributed by atoms with van der Waals surface area (Å²) in [6.07, 6.45) is 1.66. The summed E-state index contributed by atoms with van der Waals surface area (Å²) < 4.78 is 0.693. The standard InChI is InChI=1S/C12H6BrCl2N3/c13-9-10-8(5-16-11(9)15)17-12(18-10)6-1-3-7(14)4-2-6/h1-5H,(H,17,18). The Bertz CT molecular complexity index is 722. The van der Waals surface area contributed by atoms with E-state index in [1.807, 2.05) is 24.3 Å². The zero-order valence-corrected chi connectivity index (χ0v) is 12.0. The van der Waals surface area contributed by atoms with Crippen LogP contribution in [0.3, 0.4) is 0 Å². The number of aromatic nitrogens is 3. The number of nitrogens with zero attached hydrogens (tertiary/aromatic N) is 2. The lowest BCUT2D eigenvalue weighted by atomic mass is 10.2. The summed E-state index contributed by atoms with van der Waals surface area (Å²) in [6.45, 7) is 0. The van der Waals surface area contributed by atoms with Crippen molar-refractivity contribution in [2.75, 3.05) is 0 Å². The second-order valence-corrected chi connectivity index (χ2v) is 5.31. The van der Waals surface area contributed by atoms with Gasteiger partial charge >= 0.3 is 0 Å². The zero-order chi connectivity index (χ0) is 12.7. The SMILES string of the molecule is Clc1ccc(-c2nc3c(Br)c(Cl)ncc3[nH]2)cc1. The number of aromatic amines is 1. The Morgan fingerprint density at radius 1 is 1.11 bits per heavy atom. The van der Waals surface area contributed by atoms with Crippen molar-refractivity contribution in [3.63, 3.8) is 0 Å². The first kappa shape index (κ1) is 12.0. The molecule has 3 rings (SSSR count). The Balaban J connectivity index is 2.19. The van der Waals surface area contributed by atoms with E-state index in [0.717, 1.165) is 22.4 Å². The Labute approximate surface area is 121 Å². The molecule has 2 aromatic heterocycles. The maximum Gasteiger partial charge on any atom is 0.145 e. The smallest absolute Gasteiger partial charge is 0.145 e. The highest BCUT2D eigenvalue weighted by Crippen LogP contribution is 2.30. The molecule has 90 valence electrons. The summed E-state index contributed by atoms with van der Waals surface area (Å²) in [5.41, 5.74) is 2.55. The lowest BCUT2D eigenvalue weighted by molar-refractivity contribution is 1.32. The van der Waals surface area contributed by atoms with E-state index in [1.54, 1.807) is 6.20 Å². The molecule has 18 heavy (non-hydrogen) atoms. The normalized spacial score (nSPS) is 11.1. The largest absolute Gasteiger partial charge is 0.337 e. The molecule has 1 N–H and O–H groups in total. The summed E-state index contributed by atoms with van der Waals surface area (Å²) in [4.78, 5) is 11.8. The predicted molar refractivity (Wildman–Crippen MR) is 77.0 cm³/mol. The molecular weight excluding hydrogens is 337 g/mol. The number of imidazole rings is 1. The van der Waals surface area contributed by atoms with Crippen LogP contribution in [0.5, 0.6) is 0 Å². The highest BCUT2D eigenvalue weighted by Gasteiger charge is 2.11. The molecule has 0 saturated carbocycles. The fraction of sp³-hybridized carbons (Fsp3) is 0. The van der Waals surface area contributed by atoms with E-state index in [1.165, 1.54) is 0 Å². The molecule has 0 spiro atoms. The number of benzene rings is 1. The number of fused-ring (bicyclic) bond motifs is 1. The molecule has 3 nitrogen and oxygen atoms in total. The van der Waals surface area contributed by atoms with E-state index in [2.05, 4.69) is 30.9 Å². The van der Waals surface area contributed by atoms with Crippen LogP contribution in [0.1, 0.15) is 0 Å². The van der Waals surface area contributed by atoms with Gasteiger partial charge in [0, 0.05) is 10.6 Å². The van der Waals surface area contributed by atoms with Gasteiger partial charge in [-0.25, -0.2) is 9.97 Å². The molecule has 0 atom stereocenters. The molecule has 0 radical (unpaired) electrons. The van der Waals surface area contributed by atoms with E-state index in [9.17, 15) is 0 Å². The maximum atomic E-state index is 5.93. The van der Waals surface area contributed by atoms with Gasteiger partial charge in [0.1, 0.15) is 16.5 Å². The minimum Gasteiger partial charge on any atom is -0.337 e. The van der Waals surface area contributed by atoms with Crippen LogP contribution in [-0.4, -0.2) is 15.0 Å². The van der Waals surface area contributed by atoms with Gasteiger partial charge in [-0.15, -0.1) is 0 Å². The van der Waals surface area contributed by atoms with Gasteiger partial charge in [-0.1, -0.05) is 23.2 Å². The first-order valence-electron chi connectivity index (χ1n) is 5.11. The molecule has 0 aliphatic heterocycles. The number of H-pyrrole nitrogens is 1. The van der Waals surface area contributed by atoms with Gasteiger partial charge in [0.2, 0.25) is 0 Å². The highest BCUT2D eigenvalue weighted by atomic mass is 79.9. The molecule has 2 heterocycles. The Kier molecular flexibility index (Phi) is 3.01. The number of nitrogens with one attached hydrogen (secondary N) is 1. The fourth-order valence-corrected chi connectivity index (χ4v) is 2.34. The quantitative estimate of drug-likeness (QED) is 0.651. The van der Waals surface area contributed by atoms with Crippen molar-refractivity contribution < 1.29 is 0 Å². The summed E-state index contributed by atoms with van der Waals surface area (Å²) in [7, 11) is 0. The van der Waals surface area contributed by atoms with E-state index in [-0.39, 0.29) is 0 Å². The molecule has 0 bridgehead atoms. The highest BCUT2D eigenvalue weighted by molar-refractivity contribution is 9.10. The zero-order valence-electron chi connectivity index (χ0n) is 8.92. The lowest BCUT2D eigenvalue weighted by Gasteiger charge is -1.95. The van der Waals surface area contributed by atoms with Crippen molar-refractivity contribution in [1.29, 1.82) is 0 Å². The fourth-order valence-electron chi connectivity index (χ4n) is 1.67. The van der Waals surface area contributed by atoms with Crippen LogP contribution in [-0.2, 0) is 0 Å². The van der Waals surface area contributed by atoms with Gasteiger partial charge < -0.3 is 4.98 Å². The van der Waals surface area contributed by atoms with E-state index in [0.29, 0.717) is 14.6 Å². The molecule has 0 aliphatic carbocycles. The molecular formula is C12H6BrCl2N3. The van der Waals surface area contributed by atoms with E-state index >= 15 is 0 Å². The number of rotatable bonds is 1. The molecule has 1 aromatic carbocycles. The average Bonchev–Trinajstić information content (AvgIpc) is 2.80. The molecule has 0 amide bonds. The van der Waals surface area contributed by atoms with Crippen LogP contribution in [0.2, 0.25) is 10.2 Å². The van der Waals surface area contributed by atoms with Gasteiger partial charge in [0.15, 0.2) is 0 Å². The molecule has 0 fully saturated rings. The maximum absolute atomic E-state index is 5.93. The first-order valence-corrected chi connectivity index (χ1v) is 6.65. The van der Waals surface area contributed by atoms with Crippen molar-refractivity contribution in [2.24, 2.45) is 0 Å². The average molecular weight is 343 g/mol. The molecule has 3 aromatic rings. The van der Waals surface area contributed by atoms with Crippen molar-refractivity contribution in [1.82, 2.24) is 15.0 Å². The minimum absolute atomic E-state index is 0.400. The third-order valence-corrected chi connectivity index (χ3v) is 4.06. The van der Waals surface area contributed by atoms with Gasteiger partial charge in [0.25, 0.3) is 0 Å². The molecule has 0 saturated heterocycles. The van der Waals surface area contributed by atoms with Gasteiger partial charge in [-0.3, -0.25) is 0 Å². The Morgan fingerprint density at radius 3 is 2.56 bits per heavy atom. The number of halogens is 3. The van der Waals surface area contributed by atoms with Crippen molar-refractivity contribution in [3.05, 3.63) is 45.1 Å². The third-order valence-electron chi connectivity index (χ3n) is 2.55. The third kappa shape index (κ3) is 2.00. The molecule has 0 unspecified atom stereocenters. The van der Waals surface area contributed by atoms with Crippen LogP contribution in [0.4, 0.5) is 0 Å². The lowest BCUT2D eigenvalue weighted by Crippen LogP contribution is -1.79. The minimum atomic E-state index is 0.400. The number of hydrogen-bond acceptors (Lipinski definition) is 2. The number of hydrogen-bond donors (Lipinski definition) is 1. The van der Waals surface area contributed by atoms with Crippen LogP contribution >= 0.6 is 39.1 Å². The van der Waals surface area contributed by atoms with Gasteiger partial charge in [0.05, 0.1) is 16.2 Å². The number of pyridine rings is 1. The van der Waals surface area contributed by atoms with Crippen LogP contribution in [0, 0.1) is 0 Å². The predicted octanol–water partition coefficient (Wildman–Crippen LogP) is 4.69. The molecule has 6 heteroatoms. The van der Waals surface area contributed by atoms with E-state index in [4.69, 9.17) is 23.2 Å². The molecule has 0 aliphatic rings. The van der Waals surface area contributed by atoms with Crippen molar-refractivity contribution >= 4 is 50.2 Å². The summed E-state index contributed by atoms with van der Waals surface area (Å²) in [6, 6.07) is 7.46. The monoisotopic (exact) mass is 341 g/mol. The van der Waals surface area contributed by atoms with Gasteiger partial charge in [-0.2, -0.15) is 0 Å². The second kappa shape index (κ2) is 4.53. The Hall–Kier alpha value is -1.10. The van der Waals surface area contributed by atoms with E-state index < -0.39 is 0 Å². The van der Waals surface area contributed by atoms with Crippen molar-refractivity contribution in [3.8, 4) is 11.4 Å². The summed E-state index contributed by atoms with van der Waals surface area (Å²) in [5.74, 6) is 0.756. The Morgan fingerprint density at radius 2 is 1.83 bits per heavy atom. The first-order chi connectivity index (χ1) is 8.65. The second-order valence-electron chi connectivity index (χ2n) is 3.72. The van der Waals surface area contributed by atoms with Crippen molar-refractivity contribution in [2.45, 2.75) is 0 Å². The van der Waals surface area contributed by atoms with Crippen LogP contribution < -0.4 is 0 Å². The summed E-state index contributed by atoms with van der Waals surface area (Å²) >= 11 is 15.2. The van der Waals surface area contributed by atoms with Crippen LogP contribution in [0.15, 0.2) is 34.9 Å². The topological polar surface area (TPSA) is 41.6 Å². The summed E-state index contributed by atoms with van der Waals surface area (Å²) in [5, 5.41) is 1.09. The van der Waals surface area contributed by atoms with Gasteiger partial charge in [-0.05, 0) is 40.2 Å².